The molecule has 192 valence electrons. The predicted octanol–water partition coefficient (Wildman–Crippen LogP) is 7.69. The number of rotatable bonds is 8. The van der Waals surface area contributed by atoms with Gasteiger partial charge in [-0.1, -0.05) is 20.3 Å². The minimum absolute atomic E-state index is 0.333. The highest BCUT2D eigenvalue weighted by Gasteiger charge is 2.60. The molecule has 4 aliphatic rings. The second kappa shape index (κ2) is 10.3. The zero-order chi connectivity index (χ0) is 24.0. The minimum Gasteiger partial charge on any atom is -0.306 e. The molecule has 0 spiro atoms. The molecule has 2 nitrogen and oxygen atoms in total. The highest BCUT2D eigenvalue weighted by Crippen LogP contribution is 2.68. The molecule has 0 radical (unpaired) electrons. The van der Waals surface area contributed by atoms with Crippen molar-refractivity contribution in [2.24, 2.45) is 40.4 Å². The monoisotopic (exact) mass is 478 g/mol. The number of halogens is 1. The summed E-state index contributed by atoms with van der Waals surface area (Å²) < 4.78 is 0. The predicted molar refractivity (Wildman–Crippen MR) is 144 cm³/mol. The maximum atomic E-state index is 6.15. The summed E-state index contributed by atoms with van der Waals surface area (Å²) in [6, 6.07) is 1.54. The summed E-state index contributed by atoms with van der Waals surface area (Å²) in [6.07, 6.45) is 17.1. The lowest BCUT2D eigenvalue weighted by molar-refractivity contribution is -0.123. The lowest BCUT2D eigenvalue weighted by Gasteiger charge is -2.62. The van der Waals surface area contributed by atoms with E-state index in [-0.39, 0.29) is 0 Å². The molecular formula is C30H55ClN2. The Bertz CT molecular complexity index is 649. The average Bonchev–Trinajstić information content (AvgIpc) is 3.12. The lowest BCUT2D eigenvalue weighted by atomic mass is 9.44. The zero-order valence-electron chi connectivity index (χ0n) is 23.1. The summed E-state index contributed by atoms with van der Waals surface area (Å²) in [5.74, 6) is 4.86. The fourth-order valence-corrected chi connectivity index (χ4v) is 9.95. The van der Waals surface area contributed by atoms with E-state index in [1.807, 2.05) is 0 Å². The van der Waals surface area contributed by atoms with E-state index in [1.54, 1.807) is 0 Å². The van der Waals surface area contributed by atoms with Gasteiger partial charge in [-0.15, -0.1) is 11.6 Å². The van der Waals surface area contributed by atoms with E-state index in [1.165, 1.54) is 77.2 Å². The molecule has 33 heavy (non-hydrogen) atoms. The van der Waals surface area contributed by atoms with Crippen molar-refractivity contribution in [3.63, 3.8) is 0 Å². The van der Waals surface area contributed by atoms with Crippen LogP contribution in [0.5, 0.6) is 0 Å². The zero-order valence-corrected chi connectivity index (χ0v) is 23.8. The molecular weight excluding hydrogens is 424 g/mol. The molecule has 0 amide bonds. The largest absolute Gasteiger partial charge is 0.306 e. The first-order valence-corrected chi connectivity index (χ1v) is 15.0. The van der Waals surface area contributed by atoms with Gasteiger partial charge in [-0.2, -0.15) is 0 Å². The quantitative estimate of drug-likeness (QED) is 0.260. The van der Waals surface area contributed by atoms with E-state index in [4.69, 9.17) is 11.6 Å². The van der Waals surface area contributed by atoms with Crippen molar-refractivity contribution in [3.8, 4) is 0 Å². The van der Waals surface area contributed by atoms with E-state index < -0.39 is 0 Å². The third kappa shape index (κ3) is 4.93. The molecule has 0 heterocycles. The standard InChI is InChI=1S/C30H55ClN2/c1-21(31)10-8-9-19-33(7)24-15-17-29(3)23(20-24)11-12-25-27-14-13-26(22(2)32(5)6)30(27,4)18-16-28(25)29/h21-28H,8-20H2,1-7H3/t21?,22-,23-,24-,25-,26+,27-,28-,29-,30+/m0/s1. The molecule has 0 aromatic rings. The highest BCUT2D eigenvalue weighted by atomic mass is 35.5. The van der Waals surface area contributed by atoms with Gasteiger partial charge in [0.15, 0.2) is 0 Å². The number of unbranched alkanes of at least 4 members (excludes halogenated alkanes) is 1. The summed E-state index contributed by atoms with van der Waals surface area (Å²) in [4.78, 5) is 5.21. The van der Waals surface area contributed by atoms with Gasteiger partial charge in [0.05, 0.1) is 0 Å². The summed E-state index contributed by atoms with van der Waals surface area (Å²) in [5.41, 5.74) is 1.20. The van der Waals surface area contributed by atoms with Crippen LogP contribution in [-0.2, 0) is 0 Å². The normalized spacial score (nSPS) is 44.9. The fraction of sp³-hybridized carbons (Fsp3) is 1.00. The molecule has 4 rings (SSSR count). The summed E-state index contributed by atoms with van der Waals surface area (Å²) >= 11 is 6.15. The van der Waals surface area contributed by atoms with Crippen molar-refractivity contribution in [1.29, 1.82) is 0 Å². The summed E-state index contributed by atoms with van der Waals surface area (Å²) in [5, 5.41) is 0.333. The Morgan fingerprint density at radius 2 is 1.55 bits per heavy atom. The van der Waals surface area contributed by atoms with Crippen molar-refractivity contribution in [1.82, 2.24) is 9.80 Å². The molecule has 0 saturated heterocycles. The number of fused-ring (bicyclic) bond motifs is 5. The van der Waals surface area contributed by atoms with Gasteiger partial charge in [0, 0.05) is 17.5 Å². The van der Waals surface area contributed by atoms with E-state index in [2.05, 4.69) is 58.6 Å². The van der Waals surface area contributed by atoms with Gasteiger partial charge in [0.25, 0.3) is 0 Å². The van der Waals surface area contributed by atoms with E-state index >= 15 is 0 Å². The highest BCUT2D eigenvalue weighted by molar-refractivity contribution is 6.20. The molecule has 0 aliphatic heterocycles. The van der Waals surface area contributed by atoms with Crippen molar-refractivity contribution < 1.29 is 0 Å². The molecule has 4 saturated carbocycles. The van der Waals surface area contributed by atoms with Crippen LogP contribution in [-0.4, -0.2) is 54.9 Å². The van der Waals surface area contributed by atoms with Gasteiger partial charge in [-0.3, -0.25) is 0 Å². The fourth-order valence-electron chi connectivity index (χ4n) is 9.80. The van der Waals surface area contributed by atoms with Gasteiger partial charge in [-0.05, 0) is 153 Å². The van der Waals surface area contributed by atoms with Crippen LogP contribution in [0.15, 0.2) is 0 Å². The first kappa shape index (κ1) is 26.3. The molecule has 0 aromatic carbocycles. The van der Waals surface area contributed by atoms with Gasteiger partial charge < -0.3 is 9.80 Å². The third-order valence-corrected chi connectivity index (χ3v) is 12.3. The molecule has 4 fully saturated rings. The Morgan fingerprint density at radius 1 is 0.848 bits per heavy atom. The Labute approximate surface area is 211 Å². The summed E-state index contributed by atoms with van der Waals surface area (Å²) in [6.45, 7) is 11.3. The van der Waals surface area contributed by atoms with Crippen LogP contribution in [0.1, 0.15) is 105 Å². The van der Waals surface area contributed by atoms with Crippen LogP contribution >= 0.6 is 11.6 Å². The SMILES string of the molecule is CC(Cl)CCCCN(C)[C@H]1CC[C@@]2(C)[C@@H](CC[C@@H]3[C@@H]2CC[C@]2(C)[C@@H]([C@H](C)N(C)C)CC[C@@H]32)C1. The van der Waals surface area contributed by atoms with Crippen LogP contribution in [0.25, 0.3) is 0 Å². The molecule has 0 bridgehead atoms. The minimum atomic E-state index is 0.333. The molecule has 0 aromatic heterocycles. The first-order chi connectivity index (χ1) is 15.6. The molecule has 0 N–H and O–H groups in total. The number of alkyl halides is 1. The van der Waals surface area contributed by atoms with Crippen LogP contribution in [0.2, 0.25) is 0 Å². The van der Waals surface area contributed by atoms with Crippen LogP contribution in [0.4, 0.5) is 0 Å². The van der Waals surface area contributed by atoms with Gasteiger partial charge in [0.2, 0.25) is 0 Å². The Balaban J connectivity index is 1.38. The second-order valence-corrected chi connectivity index (χ2v) is 14.5. The smallest absolute Gasteiger partial charge is 0.0307 e. The van der Waals surface area contributed by atoms with Gasteiger partial charge >= 0.3 is 0 Å². The van der Waals surface area contributed by atoms with Crippen molar-refractivity contribution in [3.05, 3.63) is 0 Å². The van der Waals surface area contributed by atoms with E-state index in [9.17, 15) is 0 Å². The molecule has 1 unspecified atom stereocenters. The molecule has 4 aliphatic carbocycles. The number of nitrogens with zero attached hydrogens (tertiary/aromatic N) is 2. The Hall–Kier alpha value is 0.210. The summed E-state index contributed by atoms with van der Waals surface area (Å²) in [7, 11) is 7.00. The van der Waals surface area contributed by atoms with Crippen LogP contribution in [0.3, 0.4) is 0 Å². The number of hydrogen-bond donors (Lipinski definition) is 0. The molecule has 10 atom stereocenters. The van der Waals surface area contributed by atoms with Crippen LogP contribution in [0, 0.1) is 40.4 Å². The maximum absolute atomic E-state index is 6.15. The lowest BCUT2D eigenvalue weighted by Crippen LogP contribution is -2.56. The van der Waals surface area contributed by atoms with Crippen LogP contribution < -0.4 is 0 Å². The second-order valence-electron chi connectivity index (χ2n) is 13.8. The van der Waals surface area contributed by atoms with Gasteiger partial charge in [0.1, 0.15) is 0 Å². The Morgan fingerprint density at radius 3 is 2.24 bits per heavy atom. The van der Waals surface area contributed by atoms with Crippen molar-refractivity contribution >= 4 is 11.6 Å². The van der Waals surface area contributed by atoms with Crippen molar-refractivity contribution in [2.75, 3.05) is 27.7 Å². The first-order valence-electron chi connectivity index (χ1n) is 14.6. The third-order valence-electron chi connectivity index (χ3n) is 12.1. The van der Waals surface area contributed by atoms with E-state index in [0.29, 0.717) is 16.2 Å². The van der Waals surface area contributed by atoms with Crippen molar-refractivity contribution in [2.45, 2.75) is 122 Å². The average molecular weight is 479 g/mol. The Kier molecular flexibility index (Phi) is 8.20. The number of hydrogen-bond acceptors (Lipinski definition) is 2. The maximum Gasteiger partial charge on any atom is 0.0307 e. The van der Waals surface area contributed by atoms with E-state index in [0.717, 1.165) is 48.1 Å². The van der Waals surface area contributed by atoms with Gasteiger partial charge in [-0.25, -0.2) is 0 Å². The topological polar surface area (TPSA) is 6.48 Å². The molecule has 3 heteroatoms.